The van der Waals surface area contributed by atoms with Crippen LogP contribution in [0.1, 0.15) is 35.6 Å². The Kier molecular flexibility index (Phi) is 5.92. The Morgan fingerprint density at radius 3 is 2.64 bits per heavy atom. The number of hydrogen-bond donors (Lipinski definition) is 2. The zero-order valence-electron chi connectivity index (χ0n) is 18.0. The van der Waals surface area contributed by atoms with E-state index in [1.54, 1.807) is 36.4 Å². The number of aryl methyl sites for hydroxylation is 1. The molecule has 3 aromatic carbocycles. The monoisotopic (exact) mass is 461 g/mol. The number of fused-ring (bicyclic) bond motifs is 2. The molecule has 6 nitrogen and oxygen atoms in total. The van der Waals surface area contributed by atoms with E-state index in [1.165, 1.54) is 11.1 Å². The van der Waals surface area contributed by atoms with Gasteiger partial charge in [0, 0.05) is 22.0 Å². The van der Waals surface area contributed by atoms with Crippen LogP contribution < -0.4 is 15.4 Å². The van der Waals surface area contributed by atoms with Crippen LogP contribution in [0.2, 0.25) is 5.02 Å². The highest BCUT2D eigenvalue weighted by Gasteiger charge is 2.32. The van der Waals surface area contributed by atoms with Crippen molar-refractivity contribution in [1.29, 1.82) is 0 Å². The van der Waals surface area contributed by atoms with Gasteiger partial charge >= 0.3 is 6.03 Å². The topological polar surface area (TPSA) is 70.7 Å². The molecule has 1 atom stereocenters. The molecule has 3 aromatic rings. The summed E-state index contributed by atoms with van der Waals surface area (Å²) in [6.07, 6.45) is 3.01. The number of carbonyl (C=O) groups excluding carboxylic acids is 2. The van der Waals surface area contributed by atoms with Gasteiger partial charge in [0.2, 0.25) is 0 Å². The van der Waals surface area contributed by atoms with Crippen LogP contribution in [0.25, 0.3) is 0 Å². The predicted molar refractivity (Wildman–Crippen MR) is 129 cm³/mol. The Morgan fingerprint density at radius 1 is 0.970 bits per heavy atom. The van der Waals surface area contributed by atoms with Gasteiger partial charge in [-0.15, -0.1) is 0 Å². The van der Waals surface area contributed by atoms with E-state index in [4.69, 9.17) is 16.3 Å². The van der Waals surface area contributed by atoms with Gasteiger partial charge < -0.3 is 20.3 Å². The van der Waals surface area contributed by atoms with Gasteiger partial charge in [0.25, 0.3) is 5.91 Å². The van der Waals surface area contributed by atoms with Crippen molar-refractivity contribution in [3.05, 3.63) is 88.4 Å². The van der Waals surface area contributed by atoms with E-state index in [-0.39, 0.29) is 24.6 Å². The van der Waals surface area contributed by atoms with Crippen LogP contribution in [-0.2, 0) is 17.8 Å². The summed E-state index contributed by atoms with van der Waals surface area (Å²) in [7, 11) is 0. The summed E-state index contributed by atoms with van der Waals surface area (Å²) >= 11 is 5.99. The molecule has 0 bridgehead atoms. The second-order valence-electron chi connectivity index (χ2n) is 8.33. The van der Waals surface area contributed by atoms with Gasteiger partial charge in [-0.3, -0.25) is 4.79 Å². The van der Waals surface area contributed by atoms with Gasteiger partial charge in [0.1, 0.15) is 5.75 Å². The molecule has 1 aliphatic heterocycles. The van der Waals surface area contributed by atoms with Crippen molar-refractivity contribution in [2.45, 2.75) is 31.8 Å². The van der Waals surface area contributed by atoms with Crippen molar-refractivity contribution in [2.24, 2.45) is 0 Å². The van der Waals surface area contributed by atoms with Gasteiger partial charge in [-0.2, -0.15) is 0 Å². The van der Waals surface area contributed by atoms with Crippen LogP contribution >= 0.6 is 11.6 Å². The average Bonchev–Trinajstić information content (AvgIpc) is 2.97. The summed E-state index contributed by atoms with van der Waals surface area (Å²) in [6, 6.07) is 20.4. The number of ether oxygens (including phenoxy) is 1. The number of nitrogens with zero attached hydrogens (tertiary/aromatic N) is 1. The molecule has 0 unspecified atom stereocenters. The molecule has 1 aliphatic carbocycles. The van der Waals surface area contributed by atoms with Gasteiger partial charge in [0.15, 0.2) is 6.61 Å². The minimum Gasteiger partial charge on any atom is -0.483 e. The third-order valence-corrected chi connectivity index (χ3v) is 6.36. The lowest BCUT2D eigenvalue weighted by Crippen LogP contribution is -2.37. The van der Waals surface area contributed by atoms with E-state index < -0.39 is 0 Å². The predicted octanol–water partition coefficient (Wildman–Crippen LogP) is 5.78. The molecule has 168 valence electrons. The zero-order valence-corrected chi connectivity index (χ0v) is 18.8. The van der Waals surface area contributed by atoms with Crippen LogP contribution in [0.5, 0.6) is 5.75 Å². The molecule has 5 rings (SSSR count). The summed E-state index contributed by atoms with van der Waals surface area (Å²) < 4.78 is 5.80. The molecule has 3 amide bonds. The van der Waals surface area contributed by atoms with Gasteiger partial charge in [0.05, 0.1) is 12.6 Å². The van der Waals surface area contributed by atoms with Gasteiger partial charge in [-0.1, -0.05) is 41.9 Å². The summed E-state index contributed by atoms with van der Waals surface area (Å²) in [4.78, 5) is 27.4. The Bertz CT molecular complexity index is 1210. The number of halogens is 1. The number of nitrogens with one attached hydrogen (secondary N) is 2. The van der Waals surface area contributed by atoms with Crippen molar-refractivity contribution in [2.75, 3.05) is 17.2 Å². The molecular weight excluding hydrogens is 438 g/mol. The average molecular weight is 462 g/mol. The standard InChI is InChI=1S/C26H24ClN3O3/c27-19-7-4-8-20(14-19)28-26(32)29-21-11-12-24-18(13-21)15-30(25(31)16-33-24)23-10-3-6-17-5-1-2-9-22(17)23/h1-2,4-5,7-9,11-14,23H,3,6,10,15-16H2,(H2,28,29,32)/t23-/m1/s1. The molecule has 1 heterocycles. The van der Waals surface area contributed by atoms with Gasteiger partial charge in [-0.05, 0) is 66.8 Å². The lowest BCUT2D eigenvalue weighted by Gasteiger charge is -2.35. The molecule has 0 fully saturated rings. The Labute approximate surface area is 197 Å². The lowest BCUT2D eigenvalue weighted by molar-refractivity contribution is -0.136. The molecule has 33 heavy (non-hydrogen) atoms. The summed E-state index contributed by atoms with van der Waals surface area (Å²) in [5, 5.41) is 6.17. The number of carbonyl (C=O) groups is 2. The van der Waals surface area contributed by atoms with E-state index in [1.807, 2.05) is 17.0 Å². The molecule has 2 aliphatic rings. The first-order valence-corrected chi connectivity index (χ1v) is 11.4. The number of urea groups is 1. The van der Waals surface area contributed by atoms with Crippen molar-refractivity contribution in [1.82, 2.24) is 4.90 Å². The van der Waals surface area contributed by atoms with E-state index in [2.05, 4.69) is 28.8 Å². The highest BCUT2D eigenvalue weighted by atomic mass is 35.5. The first-order chi connectivity index (χ1) is 16.1. The summed E-state index contributed by atoms with van der Waals surface area (Å²) in [5.41, 5.74) is 4.61. The molecule has 7 heteroatoms. The number of hydrogen-bond acceptors (Lipinski definition) is 3. The van der Waals surface area contributed by atoms with E-state index in [9.17, 15) is 9.59 Å². The quantitative estimate of drug-likeness (QED) is 0.519. The Hall–Kier alpha value is -3.51. The molecular formula is C26H24ClN3O3. The van der Waals surface area contributed by atoms with Crippen LogP contribution in [-0.4, -0.2) is 23.4 Å². The normalized spacial score (nSPS) is 17.3. The molecule has 2 N–H and O–H groups in total. The fourth-order valence-electron chi connectivity index (χ4n) is 4.61. The summed E-state index contributed by atoms with van der Waals surface area (Å²) in [5.74, 6) is 0.636. The van der Waals surface area contributed by atoms with Crippen molar-refractivity contribution in [3.63, 3.8) is 0 Å². The smallest absolute Gasteiger partial charge is 0.323 e. The highest BCUT2D eigenvalue weighted by Crippen LogP contribution is 2.37. The Morgan fingerprint density at radius 2 is 1.79 bits per heavy atom. The maximum absolute atomic E-state index is 13.0. The molecule has 0 saturated carbocycles. The maximum Gasteiger partial charge on any atom is 0.323 e. The fraction of sp³-hybridized carbons (Fsp3) is 0.231. The third kappa shape index (κ3) is 4.66. The number of rotatable bonds is 3. The van der Waals surface area contributed by atoms with Crippen LogP contribution in [0.3, 0.4) is 0 Å². The first-order valence-electron chi connectivity index (χ1n) is 11.0. The number of anilines is 2. The van der Waals surface area contributed by atoms with Crippen molar-refractivity contribution < 1.29 is 14.3 Å². The van der Waals surface area contributed by atoms with E-state index in [0.29, 0.717) is 28.7 Å². The van der Waals surface area contributed by atoms with Crippen molar-refractivity contribution in [3.8, 4) is 5.75 Å². The lowest BCUT2D eigenvalue weighted by atomic mass is 9.86. The third-order valence-electron chi connectivity index (χ3n) is 6.13. The van der Waals surface area contributed by atoms with E-state index in [0.717, 1.165) is 24.8 Å². The van der Waals surface area contributed by atoms with Crippen molar-refractivity contribution >= 4 is 34.9 Å². The first kappa shape index (κ1) is 21.3. The largest absolute Gasteiger partial charge is 0.483 e. The fourth-order valence-corrected chi connectivity index (χ4v) is 4.80. The SMILES string of the molecule is O=C(Nc1cccc(Cl)c1)Nc1ccc2c(c1)CN([C@@H]1CCCc3ccccc31)C(=O)CO2. The Balaban J connectivity index is 1.36. The number of benzene rings is 3. The van der Waals surface area contributed by atoms with Crippen LogP contribution in [0.4, 0.5) is 16.2 Å². The second-order valence-corrected chi connectivity index (χ2v) is 8.77. The molecule has 0 spiro atoms. The van der Waals surface area contributed by atoms with Crippen LogP contribution in [0, 0.1) is 0 Å². The summed E-state index contributed by atoms with van der Waals surface area (Å²) in [6.45, 7) is 0.437. The highest BCUT2D eigenvalue weighted by molar-refractivity contribution is 6.30. The minimum absolute atomic E-state index is 0.00763. The number of amides is 3. The van der Waals surface area contributed by atoms with Gasteiger partial charge in [-0.25, -0.2) is 4.79 Å². The molecule has 0 aromatic heterocycles. The molecule has 0 radical (unpaired) electrons. The van der Waals surface area contributed by atoms with Crippen LogP contribution in [0.15, 0.2) is 66.7 Å². The van der Waals surface area contributed by atoms with E-state index >= 15 is 0 Å². The minimum atomic E-state index is -0.374. The second kappa shape index (κ2) is 9.16. The zero-order chi connectivity index (χ0) is 22.8. The maximum atomic E-state index is 13.0. The molecule has 0 saturated heterocycles.